The van der Waals surface area contributed by atoms with Gasteiger partial charge < -0.3 is 15.1 Å². The average molecular weight is 352 g/mol. The van der Waals surface area contributed by atoms with E-state index in [-0.39, 0.29) is 0 Å². The van der Waals surface area contributed by atoms with E-state index in [1.165, 1.54) is 52.0 Å². The van der Waals surface area contributed by atoms with Crippen molar-refractivity contribution >= 4 is 5.96 Å². The highest BCUT2D eigenvalue weighted by Gasteiger charge is 2.20. The first kappa shape index (κ1) is 22.0. The zero-order chi connectivity index (χ0) is 18.5. The van der Waals surface area contributed by atoms with Gasteiger partial charge in [-0.1, -0.05) is 19.4 Å². The molecule has 0 amide bonds. The molecular formula is C20H41N5. The van der Waals surface area contributed by atoms with Crippen molar-refractivity contribution in [3.8, 4) is 0 Å². The Morgan fingerprint density at radius 2 is 1.92 bits per heavy atom. The van der Waals surface area contributed by atoms with Gasteiger partial charge in [0.2, 0.25) is 0 Å². The highest BCUT2D eigenvalue weighted by molar-refractivity contribution is 5.79. The number of hydrogen-bond acceptors (Lipinski definition) is 3. The van der Waals surface area contributed by atoms with Gasteiger partial charge in [0.25, 0.3) is 0 Å². The third-order valence-electron chi connectivity index (χ3n) is 5.08. The SMILES string of the molecule is C=CCCCCCN(C)C(=NCC(C)N1CCN(CC)CC1)NCC. The highest BCUT2D eigenvalue weighted by atomic mass is 15.3. The van der Waals surface area contributed by atoms with Crippen LogP contribution < -0.4 is 5.32 Å². The summed E-state index contributed by atoms with van der Waals surface area (Å²) in [5.41, 5.74) is 0. The Morgan fingerprint density at radius 1 is 1.20 bits per heavy atom. The van der Waals surface area contributed by atoms with Gasteiger partial charge in [0.15, 0.2) is 5.96 Å². The summed E-state index contributed by atoms with van der Waals surface area (Å²) in [6, 6.07) is 0.508. The Balaban J connectivity index is 2.41. The van der Waals surface area contributed by atoms with E-state index in [9.17, 15) is 0 Å². The number of allylic oxidation sites excluding steroid dienone is 1. The van der Waals surface area contributed by atoms with Gasteiger partial charge in [-0.05, 0) is 39.7 Å². The second-order valence-electron chi connectivity index (χ2n) is 7.07. The molecule has 1 aliphatic rings. The summed E-state index contributed by atoms with van der Waals surface area (Å²) in [6.45, 7) is 19.2. The van der Waals surface area contributed by atoms with Crippen molar-refractivity contribution in [1.82, 2.24) is 20.0 Å². The molecule has 0 bridgehead atoms. The molecule has 1 atom stereocenters. The van der Waals surface area contributed by atoms with Gasteiger partial charge in [-0.3, -0.25) is 9.89 Å². The van der Waals surface area contributed by atoms with Crippen molar-refractivity contribution < 1.29 is 0 Å². The van der Waals surface area contributed by atoms with E-state index in [0.717, 1.165) is 32.0 Å². The summed E-state index contributed by atoms with van der Waals surface area (Å²) in [7, 11) is 2.15. The van der Waals surface area contributed by atoms with Crippen molar-refractivity contribution in [2.45, 2.75) is 52.5 Å². The smallest absolute Gasteiger partial charge is 0.193 e. The quantitative estimate of drug-likeness (QED) is 0.269. The van der Waals surface area contributed by atoms with Gasteiger partial charge in [-0.25, -0.2) is 0 Å². The molecule has 25 heavy (non-hydrogen) atoms. The molecule has 146 valence electrons. The van der Waals surface area contributed by atoms with E-state index in [4.69, 9.17) is 4.99 Å². The van der Waals surface area contributed by atoms with E-state index in [2.05, 4.69) is 54.4 Å². The summed E-state index contributed by atoms with van der Waals surface area (Å²) in [5.74, 6) is 1.05. The Labute approximate surface area is 156 Å². The number of rotatable bonds is 11. The van der Waals surface area contributed by atoms with Crippen molar-refractivity contribution in [2.75, 3.05) is 59.4 Å². The van der Waals surface area contributed by atoms with Crippen LogP contribution in [0, 0.1) is 0 Å². The lowest BCUT2D eigenvalue weighted by Gasteiger charge is -2.37. The fourth-order valence-corrected chi connectivity index (χ4v) is 3.24. The van der Waals surface area contributed by atoms with Crippen LogP contribution in [0.15, 0.2) is 17.6 Å². The van der Waals surface area contributed by atoms with Gasteiger partial charge in [0.05, 0.1) is 6.54 Å². The predicted octanol–water partition coefficient (Wildman–Crippen LogP) is 2.66. The second-order valence-corrected chi connectivity index (χ2v) is 7.07. The molecule has 1 N–H and O–H groups in total. The molecule has 1 rings (SSSR count). The number of unbranched alkanes of at least 4 members (excludes halogenated alkanes) is 3. The summed E-state index contributed by atoms with van der Waals surface area (Å²) in [5, 5.41) is 3.44. The molecular weight excluding hydrogens is 310 g/mol. The molecule has 0 spiro atoms. The van der Waals surface area contributed by atoms with Crippen LogP contribution in [0.4, 0.5) is 0 Å². The first-order valence-corrected chi connectivity index (χ1v) is 10.2. The molecule has 1 unspecified atom stereocenters. The fourth-order valence-electron chi connectivity index (χ4n) is 3.24. The minimum Gasteiger partial charge on any atom is -0.357 e. The van der Waals surface area contributed by atoms with Gasteiger partial charge in [0, 0.05) is 52.4 Å². The third-order valence-corrected chi connectivity index (χ3v) is 5.08. The number of piperazine rings is 1. The van der Waals surface area contributed by atoms with Crippen molar-refractivity contribution in [3.05, 3.63) is 12.7 Å². The van der Waals surface area contributed by atoms with Crippen molar-refractivity contribution in [2.24, 2.45) is 4.99 Å². The van der Waals surface area contributed by atoms with Gasteiger partial charge in [-0.2, -0.15) is 0 Å². The average Bonchev–Trinajstić information content (AvgIpc) is 2.64. The Hall–Kier alpha value is -1.07. The number of hydrogen-bond donors (Lipinski definition) is 1. The fraction of sp³-hybridized carbons (Fsp3) is 0.850. The maximum Gasteiger partial charge on any atom is 0.193 e. The summed E-state index contributed by atoms with van der Waals surface area (Å²) >= 11 is 0. The largest absolute Gasteiger partial charge is 0.357 e. The van der Waals surface area contributed by atoms with Crippen LogP contribution >= 0.6 is 0 Å². The van der Waals surface area contributed by atoms with Crippen LogP contribution in [0.25, 0.3) is 0 Å². The van der Waals surface area contributed by atoms with E-state index in [0.29, 0.717) is 6.04 Å². The Morgan fingerprint density at radius 3 is 2.52 bits per heavy atom. The van der Waals surface area contributed by atoms with Crippen LogP contribution in [-0.4, -0.2) is 86.1 Å². The molecule has 0 radical (unpaired) electrons. The van der Waals surface area contributed by atoms with Gasteiger partial charge in [-0.15, -0.1) is 6.58 Å². The lowest BCUT2D eigenvalue weighted by molar-refractivity contribution is 0.109. The second kappa shape index (κ2) is 13.2. The minimum atomic E-state index is 0.508. The molecule has 0 saturated carbocycles. The number of likely N-dealkylation sites (N-methyl/N-ethyl adjacent to an activating group) is 1. The minimum absolute atomic E-state index is 0.508. The van der Waals surface area contributed by atoms with Gasteiger partial charge >= 0.3 is 0 Å². The molecule has 1 heterocycles. The van der Waals surface area contributed by atoms with Crippen LogP contribution in [0.3, 0.4) is 0 Å². The highest BCUT2D eigenvalue weighted by Crippen LogP contribution is 2.07. The van der Waals surface area contributed by atoms with Crippen molar-refractivity contribution in [1.29, 1.82) is 0 Å². The number of guanidine groups is 1. The predicted molar refractivity (Wildman–Crippen MR) is 110 cm³/mol. The van der Waals surface area contributed by atoms with Crippen LogP contribution in [0.2, 0.25) is 0 Å². The Kier molecular flexibility index (Phi) is 11.6. The maximum absolute atomic E-state index is 4.90. The number of aliphatic imine (C=N–C) groups is 1. The maximum atomic E-state index is 4.90. The number of nitrogens with one attached hydrogen (secondary N) is 1. The molecule has 0 aromatic carbocycles. The normalized spacial score (nSPS) is 18.2. The molecule has 0 aliphatic carbocycles. The van der Waals surface area contributed by atoms with E-state index < -0.39 is 0 Å². The summed E-state index contributed by atoms with van der Waals surface area (Å²) in [6.07, 6.45) is 6.85. The molecule has 5 nitrogen and oxygen atoms in total. The molecule has 1 aliphatic heterocycles. The molecule has 5 heteroatoms. The number of nitrogens with zero attached hydrogens (tertiary/aromatic N) is 4. The summed E-state index contributed by atoms with van der Waals surface area (Å²) in [4.78, 5) is 12.3. The third kappa shape index (κ3) is 8.73. The Bertz CT molecular complexity index is 374. The van der Waals surface area contributed by atoms with E-state index in [1.54, 1.807) is 0 Å². The lowest BCUT2D eigenvalue weighted by Crippen LogP contribution is -2.50. The standard InChI is InChI=1S/C20H41N5/c1-6-9-10-11-12-13-23(5)20(21-7-2)22-18-19(4)25-16-14-24(8-3)15-17-25/h6,19H,1,7-18H2,2-5H3,(H,21,22). The monoisotopic (exact) mass is 351 g/mol. The first-order chi connectivity index (χ1) is 12.1. The first-order valence-electron chi connectivity index (χ1n) is 10.2. The molecule has 1 fully saturated rings. The molecule has 0 aromatic rings. The lowest BCUT2D eigenvalue weighted by atomic mass is 10.2. The zero-order valence-electron chi connectivity index (χ0n) is 17.1. The zero-order valence-corrected chi connectivity index (χ0v) is 17.1. The summed E-state index contributed by atoms with van der Waals surface area (Å²) < 4.78 is 0. The van der Waals surface area contributed by atoms with Crippen LogP contribution in [-0.2, 0) is 0 Å². The van der Waals surface area contributed by atoms with Crippen LogP contribution in [0.1, 0.15) is 46.5 Å². The van der Waals surface area contributed by atoms with E-state index in [1.807, 2.05) is 6.08 Å². The van der Waals surface area contributed by atoms with Gasteiger partial charge in [0.1, 0.15) is 0 Å². The topological polar surface area (TPSA) is 34.1 Å². The molecule has 0 aromatic heterocycles. The van der Waals surface area contributed by atoms with Crippen molar-refractivity contribution in [3.63, 3.8) is 0 Å². The molecule has 1 saturated heterocycles. The van der Waals surface area contributed by atoms with E-state index >= 15 is 0 Å². The van der Waals surface area contributed by atoms with Crippen LogP contribution in [0.5, 0.6) is 0 Å².